The van der Waals surface area contributed by atoms with Gasteiger partial charge in [0.25, 0.3) is 5.91 Å². The maximum Gasteiger partial charge on any atom is 0.274 e. The third-order valence-corrected chi connectivity index (χ3v) is 3.03. The van der Waals surface area contributed by atoms with Crippen LogP contribution in [0.5, 0.6) is 0 Å². The number of carbonyl (C=O) groups is 1. The van der Waals surface area contributed by atoms with Gasteiger partial charge in [-0.25, -0.2) is 5.48 Å². The third kappa shape index (κ3) is 4.52. The van der Waals surface area contributed by atoms with E-state index in [0.717, 1.165) is 12.8 Å². The van der Waals surface area contributed by atoms with Crippen LogP contribution >= 0.6 is 0 Å². The zero-order chi connectivity index (χ0) is 14.2. The van der Waals surface area contributed by atoms with E-state index in [4.69, 9.17) is 4.84 Å². The van der Waals surface area contributed by atoms with E-state index in [0.29, 0.717) is 12.2 Å². The van der Waals surface area contributed by atoms with Crippen molar-refractivity contribution in [2.24, 2.45) is 0 Å². The van der Waals surface area contributed by atoms with Gasteiger partial charge >= 0.3 is 0 Å². The summed E-state index contributed by atoms with van der Waals surface area (Å²) in [5.41, 5.74) is 5.61. The summed E-state index contributed by atoms with van der Waals surface area (Å²) >= 11 is 0. The molecule has 3 heteroatoms. The molecule has 0 fully saturated rings. The van der Waals surface area contributed by atoms with Gasteiger partial charge in [-0.05, 0) is 37.5 Å². The minimum atomic E-state index is -0.207. The van der Waals surface area contributed by atoms with E-state index >= 15 is 0 Å². The summed E-state index contributed by atoms with van der Waals surface area (Å²) in [6, 6.07) is 17.5. The number of rotatable bonds is 6. The van der Waals surface area contributed by atoms with Crippen LogP contribution in [0, 0.1) is 6.92 Å². The maximum atomic E-state index is 11.7. The van der Waals surface area contributed by atoms with Gasteiger partial charge in [0.1, 0.15) is 0 Å². The second-order valence-electron chi connectivity index (χ2n) is 4.73. The van der Waals surface area contributed by atoms with E-state index in [2.05, 4.69) is 36.7 Å². The van der Waals surface area contributed by atoms with Crippen molar-refractivity contribution < 1.29 is 9.63 Å². The van der Waals surface area contributed by atoms with Crippen molar-refractivity contribution >= 4 is 5.91 Å². The molecule has 0 heterocycles. The number of hydrogen-bond acceptors (Lipinski definition) is 2. The first-order valence-electron chi connectivity index (χ1n) is 6.78. The zero-order valence-corrected chi connectivity index (χ0v) is 11.6. The van der Waals surface area contributed by atoms with E-state index < -0.39 is 0 Å². The van der Waals surface area contributed by atoms with E-state index in [-0.39, 0.29) is 5.91 Å². The number of amides is 1. The van der Waals surface area contributed by atoms with Gasteiger partial charge in [-0.2, -0.15) is 0 Å². The Morgan fingerprint density at radius 2 is 1.75 bits per heavy atom. The second-order valence-corrected chi connectivity index (χ2v) is 4.73. The lowest BCUT2D eigenvalue weighted by atomic mass is 10.1. The Bertz CT molecular complexity index is 535. The highest BCUT2D eigenvalue weighted by molar-refractivity contribution is 5.93. The Morgan fingerprint density at radius 3 is 2.45 bits per heavy atom. The molecule has 0 saturated heterocycles. The van der Waals surface area contributed by atoms with Gasteiger partial charge in [0.2, 0.25) is 0 Å². The molecule has 0 aliphatic carbocycles. The molecule has 2 aromatic carbocycles. The highest BCUT2D eigenvalue weighted by atomic mass is 16.6. The fourth-order valence-electron chi connectivity index (χ4n) is 1.87. The molecule has 1 amide bonds. The van der Waals surface area contributed by atoms with Crippen LogP contribution in [0.2, 0.25) is 0 Å². The normalized spacial score (nSPS) is 10.2. The molecule has 20 heavy (non-hydrogen) atoms. The lowest BCUT2D eigenvalue weighted by Gasteiger charge is -2.06. The number of benzene rings is 2. The molecule has 0 aliphatic heterocycles. The molecule has 0 bridgehead atoms. The van der Waals surface area contributed by atoms with Crippen molar-refractivity contribution in [3.8, 4) is 0 Å². The Hall–Kier alpha value is -2.13. The zero-order valence-electron chi connectivity index (χ0n) is 11.6. The Labute approximate surface area is 119 Å². The summed E-state index contributed by atoms with van der Waals surface area (Å²) in [7, 11) is 0. The van der Waals surface area contributed by atoms with Crippen LogP contribution in [-0.2, 0) is 11.3 Å². The first-order valence-corrected chi connectivity index (χ1v) is 6.78. The molecule has 0 aromatic heterocycles. The molecular formula is C17H19NO2. The number of hydrogen-bond donors (Lipinski definition) is 1. The van der Waals surface area contributed by atoms with Gasteiger partial charge in [0.05, 0.1) is 6.61 Å². The van der Waals surface area contributed by atoms with Gasteiger partial charge in [-0.15, -0.1) is 0 Å². The van der Waals surface area contributed by atoms with Crippen LogP contribution in [0.1, 0.15) is 27.9 Å². The van der Waals surface area contributed by atoms with Crippen molar-refractivity contribution in [2.45, 2.75) is 19.8 Å². The second kappa shape index (κ2) is 7.46. The van der Waals surface area contributed by atoms with Gasteiger partial charge in [0.15, 0.2) is 0 Å². The predicted molar refractivity (Wildman–Crippen MR) is 79.4 cm³/mol. The molecule has 0 radical (unpaired) electrons. The van der Waals surface area contributed by atoms with Crippen molar-refractivity contribution in [3.05, 3.63) is 71.3 Å². The number of aryl methyl sites for hydroxylation is 2. The minimum absolute atomic E-state index is 0.207. The predicted octanol–water partition coefficient (Wildman–Crippen LogP) is 3.29. The maximum absolute atomic E-state index is 11.7. The quantitative estimate of drug-likeness (QED) is 0.645. The first kappa shape index (κ1) is 14.3. The SMILES string of the molecule is Cc1ccc(CCCONC(=O)c2ccccc2)cc1. The summed E-state index contributed by atoms with van der Waals surface area (Å²) < 4.78 is 0. The summed E-state index contributed by atoms with van der Waals surface area (Å²) in [6.07, 6.45) is 1.82. The van der Waals surface area contributed by atoms with E-state index in [1.165, 1.54) is 11.1 Å². The average molecular weight is 269 g/mol. The molecule has 0 aliphatic rings. The van der Waals surface area contributed by atoms with Crippen LogP contribution in [0.15, 0.2) is 54.6 Å². The van der Waals surface area contributed by atoms with E-state index in [9.17, 15) is 4.79 Å². The van der Waals surface area contributed by atoms with Crippen molar-refractivity contribution in [1.29, 1.82) is 0 Å². The summed E-state index contributed by atoms with van der Waals surface area (Å²) in [6.45, 7) is 2.58. The topological polar surface area (TPSA) is 38.3 Å². The molecule has 104 valence electrons. The van der Waals surface area contributed by atoms with Gasteiger partial charge in [0, 0.05) is 5.56 Å². The standard InChI is InChI=1S/C17H19NO2/c1-14-9-11-15(12-10-14)6-5-13-20-18-17(19)16-7-3-2-4-8-16/h2-4,7-12H,5-6,13H2,1H3,(H,18,19). The van der Waals surface area contributed by atoms with Gasteiger partial charge in [-0.3, -0.25) is 9.63 Å². The lowest BCUT2D eigenvalue weighted by molar-refractivity contribution is 0.0304. The lowest BCUT2D eigenvalue weighted by Crippen LogP contribution is -2.24. The Balaban J connectivity index is 1.64. The number of nitrogens with one attached hydrogen (secondary N) is 1. The molecule has 0 spiro atoms. The smallest absolute Gasteiger partial charge is 0.273 e. The molecule has 0 unspecified atom stereocenters. The van der Waals surface area contributed by atoms with Crippen LogP contribution in [0.4, 0.5) is 0 Å². The van der Waals surface area contributed by atoms with Crippen LogP contribution in [0.25, 0.3) is 0 Å². The molecule has 2 aromatic rings. The third-order valence-electron chi connectivity index (χ3n) is 3.03. The van der Waals surface area contributed by atoms with Gasteiger partial charge in [-0.1, -0.05) is 48.0 Å². The van der Waals surface area contributed by atoms with Crippen LogP contribution < -0.4 is 5.48 Å². The summed E-state index contributed by atoms with van der Waals surface area (Å²) in [4.78, 5) is 16.9. The Morgan fingerprint density at radius 1 is 1.05 bits per heavy atom. The summed E-state index contributed by atoms with van der Waals surface area (Å²) in [5.74, 6) is -0.207. The molecule has 2 rings (SSSR count). The monoisotopic (exact) mass is 269 g/mol. The highest BCUT2D eigenvalue weighted by Gasteiger charge is 2.03. The van der Waals surface area contributed by atoms with Crippen molar-refractivity contribution in [2.75, 3.05) is 6.61 Å². The number of hydroxylamine groups is 1. The molecule has 0 saturated carbocycles. The first-order chi connectivity index (χ1) is 9.75. The van der Waals surface area contributed by atoms with E-state index in [1.54, 1.807) is 12.1 Å². The fraction of sp³-hybridized carbons (Fsp3) is 0.235. The van der Waals surface area contributed by atoms with Crippen LogP contribution in [-0.4, -0.2) is 12.5 Å². The molecular weight excluding hydrogens is 250 g/mol. The van der Waals surface area contributed by atoms with Gasteiger partial charge < -0.3 is 0 Å². The minimum Gasteiger partial charge on any atom is -0.273 e. The van der Waals surface area contributed by atoms with Crippen LogP contribution in [0.3, 0.4) is 0 Å². The molecule has 3 nitrogen and oxygen atoms in total. The Kier molecular flexibility index (Phi) is 5.33. The molecule has 1 N–H and O–H groups in total. The largest absolute Gasteiger partial charge is 0.274 e. The average Bonchev–Trinajstić information content (AvgIpc) is 2.49. The van der Waals surface area contributed by atoms with E-state index in [1.807, 2.05) is 18.2 Å². The highest BCUT2D eigenvalue weighted by Crippen LogP contribution is 2.05. The summed E-state index contributed by atoms with van der Waals surface area (Å²) in [5, 5.41) is 0. The van der Waals surface area contributed by atoms with Crippen molar-refractivity contribution in [1.82, 2.24) is 5.48 Å². The number of carbonyl (C=O) groups excluding carboxylic acids is 1. The van der Waals surface area contributed by atoms with Crippen molar-refractivity contribution in [3.63, 3.8) is 0 Å². The molecule has 0 atom stereocenters. The fourth-order valence-corrected chi connectivity index (χ4v) is 1.87.